The molecule has 0 fully saturated rings. The number of carbonyl (C=O) groups is 1. The van der Waals surface area contributed by atoms with Crippen LogP contribution < -0.4 is 11.1 Å². The highest BCUT2D eigenvalue weighted by Gasteiger charge is 2.05. The number of amides is 1. The molecule has 7 heteroatoms. The lowest BCUT2D eigenvalue weighted by Gasteiger charge is -2.06. The zero-order valence-corrected chi connectivity index (χ0v) is 9.73. The van der Waals surface area contributed by atoms with Crippen LogP contribution in [-0.2, 0) is 16.0 Å². The smallest absolute Gasteiger partial charge is 0.261 e. The first-order valence-corrected chi connectivity index (χ1v) is 5.41. The van der Waals surface area contributed by atoms with Gasteiger partial charge in [-0.25, -0.2) is 8.78 Å². The third kappa shape index (κ3) is 6.09. The van der Waals surface area contributed by atoms with E-state index in [1.54, 1.807) is 12.1 Å². The van der Waals surface area contributed by atoms with Gasteiger partial charge < -0.3 is 15.8 Å². The van der Waals surface area contributed by atoms with Crippen molar-refractivity contribution in [2.45, 2.75) is 12.8 Å². The van der Waals surface area contributed by atoms with E-state index in [0.29, 0.717) is 11.4 Å². The monoisotopic (exact) mass is 259 g/mol. The van der Waals surface area contributed by atoms with E-state index in [0.717, 1.165) is 0 Å². The average molecular weight is 259 g/mol. The van der Waals surface area contributed by atoms with Crippen LogP contribution in [-0.4, -0.2) is 37.1 Å². The summed E-state index contributed by atoms with van der Waals surface area (Å²) in [6.45, 7) is -0.360. The van der Waals surface area contributed by atoms with Crippen molar-refractivity contribution >= 4 is 11.6 Å². The van der Waals surface area contributed by atoms with Crippen LogP contribution >= 0.6 is 0 Å². The van der Waals surface area contributed by atoms with E-state index in [4.69, 9.17) is 5.73 Å². The molecule has 0 saturated heterocycles. The number of nitrogens with one attached hydrogen (secondary N) is 1. The minimum absolute atomic E-state index is 0.0608. The van der Waals surface area contributed by atoms with E-state index in [2.05, 4.69) is 15.0 Å². The van der Waals surface area contributed by atoms with E-state index in [9.17, 15) is 13.6 Å². The second-order valence-corrected chi connectivity index (χ2v) is 3.58. The molecule has 18 heavy (non-hydrogen) atoms. The standard InChI is InChI=1S/C11H15F2N3O2/c12-10(13)7-18-4-3-15-11(17)5-9-2-1-8(14)6-16-9/h1-2,6,10H,3-5,7,14H2,(H,15,17). The number of rotatable bonds is 7. The number of hydrogen-bond acceptors (Lipinski definition) is 4. The summed E-state index contributed by atoms with van der Waals surface area (Å²) in [5.41, 5.74) is 6.57. The molecule has 0 aliphatic heterocycles. The van der Waals surface area contributed by atoms with Crippen molar-refractivity contribution in [1.29, 1.82) is 0 Å². The van der Waals surface area contributed by atoms with Crippen molar-refractivity contribution in [2.75, 3.05) is 25.5 Å². The summed E-state index contributed by atoms with van der Waals surface area (Å²) < 4.78 is 28.0. The topological polar surface area (TPSA) is 77.2 Å². The summed E-state index contributed by atoms with van der Waals surface area (Å²) in [5, 5.41) is 2.54. The van der Waals surface area contributed by atoms with Crippen LogP contribution in [0.25, 0.3) is 0 Å². The lowest BCUT2D eigenvalue weighted by atomic mass is 10.2. The number of hydrogen-bond donors (Lipinski definition) is 2. The van der Waals surface area contributed by atoms with E-state index in [1.165, 1.54) is 6.20 Å². The molecular weight excluding hydrogens is 244 g/mol. The quantitative estimate of drug-likeness (QED) is 0.703. The number of nitrogens with two attached hydrogens (primary N) is 1. The number of anilines is 1. The molecule has 0 radical (unpaired) electrons. The number of ether oxygens (including phenoxy) is 1. The Morgan fingerprint density at radius 3 is 2.89 bits per heavy atom. The van der Waals surface area contributed by atoms with Crippen LogP contribution in [0.2, 0.25) is 0 Å². The Balaban J connectivity index is 2.16. The SMILES string of the molecule is Nc1ccc(CC(=O)NCCOCC(F)F)nc1. The van der Waals surface area contributed by atoms with Crippen molar-refractivity contribution in [3.05, 3.63) is 24.0 Å². The van der Waals surface area contributed by atoms with Gasteiger partial charge in [-0.15, -0.1) is 0 Å². The lowest BCUT2D eigenvalue weighted by molar-refractivity contribution is -0.120. The fraction of sp³-hybridized carbons (Fsp3) is 0.455. The highest BCUT2D eigenvalue weighted by molar-refractivity contribution is 5.78. The molecule has 0 saturated carbocycles. The first-order chi connectivity index (χ1) is 8.58. The normalized spacial score (nSPS) is 10.6. The predicted octanol–water partition coefficient (Wildman–Crippen LogP) is 0.604. The van der Waals surface area contributed by atoms with Gasteiger partial charge in [-0.1, -0.05) is 0 Å². The third-order valence-corrected chi connectivity index (χ3v) is 2.00. The maximum Gasteiger partial charge on any atom is 0.261 e. The molecule has 0 atom stereocenters. The molecule has 1 aromatic heterocycles. The average Bonchev–Trinajstić information content (AvgIpc) is 2.31. The Hall–Kier alpha value is -1.76. The summed E-state index contributed by atoms with van der Waals surface area (Å²) in [5.74, 6) is -0.243. The number of carbonyl (C=O) groups excluding carboxylic acids is 1. The third-order valence-electron chi connectivity index (χ3n) is 2.00. The summed E-state index contributed by atoms with van der Waals surface area (Å²) in [4.78, 5) is 15.4. The number of nitrogens with zero attached hydrogens (tertiary/aromatic N) is 1. The summed E-state index contributed by atoms with van der Waals surface area (Å²) in [6.07, 6.45) is -0.900. The Kier molecular flexibility index (Phi) is 5.99. The van der Waals surface area contributed by atoms with Crippen LogP contribution in [0.5, 0.6) is 0 Å². The Morgan fingerprint density at radius 1 is 1.50 bits per heavy atom. The molecule has 0 aromatic carbocycles. The second-order valence-electron chi connectivity index (χ2n) is 3.58. The molecule has 1 rings (SSSR count). The van der Waals surface area contributed by atoms with Gasteiger partial charge >= 0.3 is 0 Å². The molecule has 5 nitrogen and oxygen atoms in total. The van der Waals surface area contributed by atoms with Gasteiger partial charge in [0.05, 0.1) is 24.9 Å². The number of aromatic nitrogens is 1. The highest BCUT2D eigenvalue weighted by atomic mass is 19.3. The fourth-order valence-electron chi connectivity index (χ4n) is 1.20. The van der Waals surface area contributed by atoms with Crippen molar-refractivity contribution < 1.29 is 18.3 Å². The fourth-order valence-corrected chi connectivity index (χ4v) is 1.20. The Bertz CT molecular complexity index is 371. The van der Waals surface area contributed by atoms with Crippen molar-refractivity contribution in [1.82, 2.24) is 10.3 Å². The molecule has 0 aliphatic carbocycles. The molecule has 3 N–H and O–H groups in total. The van der Waals surface area contributed by atoms with Crippen LogP contribution in [0.3, 0.4) is 0 Å². The zero-order valence-electron chi connectivity index (χ0n) is 9.73. The van der Waals surface area contributed by atoms with Gasteiger partial charge in [-0.05, 0) is 12.1 Å². The van der Waals surface area contributed by atoms with E-state index in [1.807, 2.05) is 0 Å². The highest BCUT2D eigenvalue weighted by Crippen LogP contribution is 2.01. The van der Waals surface area contributed by atoms with Crippen molar-refractivity contribution in [3.63, 3.8) is 0 Å². The maximum absolute atomic E-state index is 11.7. The molecular formula is C11H15F2N3O2. The lowest BCUT2D eigenvalue weighted by Crippen LogP contribution is -2.29. The number of nitrogen functional groups attached to an aromatic ring is 1. The van der Waals surface area contributed by atoms with Crippen LogP contribution in [0.4, 0.5) is 14.5 Å². The molecule has 1 heterocycles. The largest absolute Gasteiger partial charge is 0.397 e. The van der Waals surface area contributed by atoms with Crippen LogP contribution in [0.15, 0.2) is 18.3 Å². The Labute approximate surface area is 103 Å². The minimum atomic E-state index is -2.49. The molecule has 0 unspecified atom stereocenters. The number of alkyl halides is 2. The predicted molar refractivity (Wildman–Crippen MR) is 62.2 cm³/mol. The van der Waals surface area contributed by atoms with E-state index in [-0.39, 0.29) is 25.5 Å². The van der Waals surface area contributed by atoms with E-state index < -0.39 is 13.0 Å². The van der Waals surface area contributed by atoms with Gasteiger partial charge in [0.25, 0.3) is 6.43 Å². The summed E-state index contributed by atoms with van der Waals surface area (Å²) >= 11 is 0. The molecule has 1 aromatic rings. The summed E-state index contributed by atoms with van der Waals surface area (Å²) in [7, 11) is 0. The van der Waals surface area contributed by atoms with Gasteiger partial charge in [0.2, 0.25) is 5.91 Å². The van der Waals surface area contributed by atoms with Crippen molar-refractivity contribution in [3.8, 4) is 0 Å². The summed E-state index contributed by atoms with van der Waals surface area (Å²) in [6, 6.07) is 3.31. The molecule has 0 bridgehead atoms. The van der Waals surface area contributed by atoms with Gasteiger partial charge in [-0.2, -0.15) is 0 Å². The van der Waals surface area contributed by atoms with Crippen LogP contribution in [0, 0.1) is 0 Å². The first-order valence-electron chi connectivity index (χ1n) is 5.41. The number of halogens is 2. The molecule has 0 spiro atoms. The van der Waals surface area contributed by atoms with Crippen molar-refractivity contribution in [2.24, 2.45) is 0 Å². The minimum Gasteiger partial charge on any atom is -0.397 e. The van der Waals surface area contributed by atoms with E-state index >= 15 is 0 Å². The van der Waals surface area contributed by atoms with Gasteiger partial charge in [-0.3, -0.25) is 9.78 Å². The number of pyridine rings is 1. The van der Waals surface area contributed by atoms with Gasteiger partial charge in [0.1, 0.15) is 6.61 Å². The molecule has 100 valence electrons. The first kappa shape index (κ1) is 14.3. The van der Waals surface area contributed by atoms with Crippen LogP contribution in [0.1, 0.15) is 5.69 Å². The second kappa shape index (κ2) is 7.54. The zero-order chi connectivity index (χ0) is 13.4. The van der Waals surface area contributed by atoms with Gasteiger partial charge in [0, 0.05) is 12.2 Å². The molecule has 1 amide bonds. The van der Waals surface area contributed by atoms with Gasteiger partial charge in [0.15, 0.2) is 0 Å². The maximum atomic E-state index is 11.7. The molecule has 0 aliphatic rings. The Morgan fingerprint density at radius 2 is 2.28 bits per heavy atom.